The molecule has 0 aliphatic rings. The molecule has 6 nitrogen and oxygen atoms in total. The van der Waals surface area contributed by atoms with E-state index in [0.717, 1.165) is 6.26 Å². The second-order valence-corrected chi connectivity index (χ2v) is 7.79. The van der Waals surface area contributed by atoms with Crippen LogP contribution < -0.4 is 5.32 Å². The van der Waals surface area contributed by atoms with Gasteiger partial charge in [-0.2, -0.15) is 0 Å². The molecule has 1 heterocycles. The van der Waals surface area contributed by atoms with Gasteiger partial charge in [0.15, 0.2) is 9.84 Å². The van der Waals surface area contributed by atoms with Gasteiger partial charge in [-0.05, 0) is 36.1 Å². The monoisotopic (exact) mass is 353 g/mol. The number of aryl methyl sites for hydroxylation is 1. The van der Waals surface area contributed by atoms with E-state index in [-0.39, 0.29) is 16.0 Å². The Balaban J connectivity index is 2.35. The number of esters is 1. The molecule has 0 atom stereocenters. The van der Waals surface area contributed by atoms with E-state index in [0.29, 0.717) is 10.6 Å². The van der Waals surface area contributed by atoms with Crippen molar-refractivity contribution in [3.63, 3.8) is 0 Å². The van der Waals surface area contributed by atoms with Crippen LogP contribution in [0.5, 0.6) is 0 Å². The number of thiophene rings is 1. The van der Waals surface area contributed by atoms with E-state index in [4.69, 9.17) is 0 Å². The molecule has 0 spiro atoms. The summed E-state index contributed by atoms with van der Waals surface area (Å²) in [5, 5.41) is 4.63. The molecule has 1 aromatic heterocycles. The Morgan fingerprint density at radius 2 is 1.87 bits per heavy atom. The fourth-order valence-electron chi connectivity index (χ4n) is 1.92. The number of methoxy groups -OCH3 is 1. The van der Waals surface area contributed by atoms with Gasteiger partial charge >= 0.3 is 5.97 Å². The van der Waals surface area contributed by atoms with Crippen LogP contribution in [0.2, 0.25) is 0 Å². The van der Waals surface area contributed by atoms with Crippen LogP contribution in [0.25, 0.3) is 0 Å². The van der Waals surface area contributed by atoms with Gasteiger partial charge in [-0.25, -0.2) is 13.2 Å². The summed E-state index contributed by atoms with van der Waals surface area (Å²) in [5.41, 5.74) is 1.12. The smallest absolute Gasteiger partial charge is 0.340 e. The van der Waals surface area contributed by atoms with Crippen molar-refractivity contribution in [2.24, 2.45) is 0 Å². The molecule has 8 heteroatoms. The molecule has 0 saturated heterocycles. The highest BCUT2D eigenvalue weighted by molar-refractivity contribution is 7.90. The first kappa shape index (κ1) is 17.2. The predicted octanol–water partition coefficient (Wildman–Crippen LogP) is 2.50. The van der Waals surface area contributed by atoms with Crippen molar-refractivity contribution < 1.29 is 22.7 Å². The summed E-state index contributed by atoms with van der Waals surface area (Å²) >= 11 is 1.18. The summed E-state index contributed by atoms with van der Waals surface area (Å²) < 4.78 is 27.9. The van der Waals surface area contributed by atoms with Gasteiger partial charge in [-0.15, -0.1) is 11.3 Å². The Morgan fingerprint density at radius 1 is 1.17 bits per heavy atom. The second-order valence-electron chi connectivity index (χ2n) is 4.86. The standard InChI is InChI=1S/C15H15NO5S2/c1-9-4-5-10(23(3,19)20)8-12(9)13(17)16-14-11(6-7-22-14)15(18)21-2/h4-8H,1-3H3,(H,16,17). The van der Waals surface area contributed by atoms with E-state index in [1.807, 2.05) is 0 Å². The first-order valence-electron chi connectivity index (χ1n) is 6.52. The van der Waals surface area contributed by atoms with E-state index < -0.39 is 21.7 Å². The van der Waals surface area contributed by atoms with Crippen LogP contribution in [0.15, 0.2) is 34.5 Å². The summed E-state index contributed by atoms with van der Waals surface area (Å²) in [7, 11) is -2.16. The molecule has 2 rings (SSSR count). The lowest BCUT2D eigenvalue weighted by Gasteiger charge is -2.09. The molecular formula is C15H15NO5S2. The van der Waals surface area contributed by atoms with Crippen molar-refractivity contribution >= 4 is 38.1 Å². The van der Waals surface area contributed by atoms with Crippen LogP contribution in [-0.2, 0) is 14.6 Å². The highest BCUT2D eigenvalue weighted by Crippen LogP contribution is 2.25. The molecule has 0 radical (unpaired) electrons. The van der Waals surface area contributed by atoms with Gasteiger partial charge in [0.2, 0.25) is 0 Å². The molecule has 0 aliphatic carbocycles. The van der Waals surface area contributed by atoms with Crippen molar-refractivity contribution in [2.75, 3.05) is 18.7 Å². The quantitative estimate of drug-likeness (QED) is 0.853. The van der Waals surface area contributed by atoms with Crippen LogP contribution in [0, 0.1) is 6.92 Å². The van der Waals surface area contributed by atoms with Crippen molar-refractivity contribution in [1.82, 2.24) is 0 Å². The Kier molecular flexibility index (Phi) is 4.86. The van der Waals surface area contributed by atoms with Crippen LogP contribution in [0.4, 0.5) is 5.00 Å². The minimum atomic E-state index is -3.41. The Bertz CT molecular complexity index is 868. The molecule has 0 fully saturated rings. The SMILES string of the molecule is COC(=O)c1ccsc1NC(=O)c1cc(S(C)(=O)=O)ccc1C. The summed E-state index contributed by atoms with van der Waals surface area (Å²) in [5.74, 6) is -1.04. The van der Waals surface area contributed by atoms with Crippen molar-refractivity contribution in [3.8, 4) is 0 Å². The predicted molar refractivity (Wildman–Crippen MR) is 87.9 cm³/mol. The number of carbonyl (C=O) groups excluding carboxylic acids is 2. The Morgan fingerprint density at radius 3 is 2.48 bits per heavy atom. The third kappa shape index (κ3) is 3.77. The normalized spacial score (nSPS) is 11.1. The van der Waals surface area contributed by atoms with Crippen molar-refractivity contribution in [3.05, 3.63) is 46.3 Å². The fourth-order valence-corrected chi connectivity index (χ4v) is 3.34. The van der Waals surface area contributed by atoms with Gasteiger partial charge in [0.05, 0.1) is 17.6 Å². The highest BCUT2D eigenvalue weighted by Gasteiger charge is 2.18. The molecular weight excluding hydrogens is 338 g/mol. The molecule has 0 bridgehead atoms. The number of rotatable bonds is 4. The minimum absolute atomic E-state index is 0.0626. The first-order chi connectivity index (χ1) is 10.7. The van der Waals surface area contributed by atoms with Crippen LogP contribution in [0.3, 0.4) is 0 Å². The summed E-state index contributed by atoms with van der Waals surface area (Å²) in [6, 6.07) is 5.89. The summed E-state index contributed by atoms with van der Waals surface area (Å²) in [6.07, 6.45) is 1.08. The zero-order chi connectivity index (χ0) is 17.2. The van der Waals surface area contributed by atoms with Crippen LogP contribution >= 0.6 is 11.3 Å². The van der Waals surface area contributed by atoms with Crippen LogP contribution in [-0.4, -0.2) is 33.7 Å². The number of benzene rings is 1. The lowest BCUT2D eigenvalue weighted by molar-refractivity contribution is 0.0602. The first-order valence-corrected chi connectivity index (χ1v) is 9.29. The number of nitrogens with one attached hydrogen (secondary N) is 1. The van der Waals surface area contributed by atoms with E-state index in [9.17, 15) is 18.0 Å². The lowest BCUT2D eigenvalue weighted by Crippen LogP contribution is -2.15. The Labute approximate surface area is 138 Å². The van der Waals surface area contributed by atoms with Crippen molar-refractivity contribution in [1.29, 1.82) is 0 Å². The molecule has 122 valence electrons. The average molecular weight is 353 g/mol. The topological polar surface area (TPSA) is 89.5 Å². The third-order valence-corrected chi connectivity index (χ3v) is 5.12. The molecule has 1 amide bonds. The van der Waals surface area contributed by atoms with Gasteiger partial charge < -0.3 is 10.1 Å². The van der Waals surface area contributed by atoms with E-state index in [1.165, 1.54) is 30.6 Å². The van der Waals surface area contributed by atoms with Gasteiger partial charge in [0.1, 0.15) is 5.00 Å². The van der Waals surface area contributed by atoms with E-state index in [2.05, 4.69) is 10.1 Å². The highest BCUT2D eigenvalue weighted by atomic mass is 32.2. The maximum absolute atomic E-state index is 12.4. The van der Waals surface area contributed by atoms with E-state index >= 15 is 0 Å². The van der Waals surface area contributed by atoms with Gasteiger partial charge in [-0.3, -0.25) is 4.79 Å². The molecule has 1 N–H and O–H groups in total. The summed E-state index contributed by atoms with van der Waals surface area (Å²) in [6.45, 7) is 1.70. The Hall–Kier alpha value is -2.19. The molecule has 1 aromatic carbocycles. The molecule has 23 heavy (non-hydrogen) atoms. The van der Waals surface area contributed by atoms with Crippen LogP contribution in [0.1, 0.15) is 26.3 Å². The number of amides is 1. The van der Waals surface area contributed by atoms with Gasteiger partial charge in [0, 0.05) is 11.8 Å². The number of ether oxygens (including phenoxy) is 1. The fraction of sp³-hybridized carbons (Fsp3) is 0.200. The third-order valence-electron chi connectivity index (χ3n) is 3.18. The maximum Gasteiger partial charge on any atom is 0.340 e. The zero-order valence-corrected chi connectivity index (χ0v) is 14.4. The largest absolute Gasteiger partial charge is 0.465 e. The van der Waals surface area contributed by atoms with Gasteiger partial charge in [0.25, 0.3) is 5.91 Å². The zero-order valence-electron chi connectivity index (χ0n) is 12.7. The number of carbonyl (C=O) groups is 2. The molecule has 0 unspecified atom stereocenters. The number of hydrogen-bond acceptors (Lipinski definition) is 6. The van der Waals surface area contributed by atoms with E-state index in [1.54, 1.807) is 24.4 Å². The number of hydrogen-bond donors (Lipinski definition) is 1. The maximum atomic E-state index is 12.4. The number of anilines is 1. The molecule has 0 aliphatic heterocycles. The van der Waals surface area contributed by atoms with Gasteiger partial charge in [-0.1, -0.05) is 6.07 Å². The minimum Gasteiger partial charge on any atom is -0.465 e. The molecule has 0 saturated carbocycles. The lowest BCUT2D eigenvalue weighted by atomic mass is 10.1. The molecule has 2 aromatic rings. The number of sulfone groups is 1. The summed E-state index contributed by atoms with van der Waals surface area (Å²) in [4.78, 5) is 24.1. The second kappa shape index (κ2) is 6.51. The average Bonchev–Trinajstić information content (AvgIpc) is 2.93. The van der Waals surface area contributed by atoms with Crippen molar-refractivity contribution in [2.45, 2.75) is 11.8 Å².